The molecule has 0 aromatic rings. The summed E-state index contributed by atoms with van der Waals surface area (Å²) in [7, 11) is 0. The molecular formula is C11H21NO2. The van der Waals surface area contributed by atoms with Crippen molar-refractivity contribution < 1.29 is 9.90 Å². The molecule has 1 aliphatic rings. The first-order valence-electron chi connectivity index (χ1n) is 5.49. The van der Waals surface area contributed by atoms with Crippen LogP contribution in [0.4, 0.5) is 0 Å². The van der Waals surface area contributed by atoms with Gasteiger partial charge in [-0.2, -0.15) is 0 Å². The van der Waals surface area contributed by atoms with Crippen molar-refractivity contribution in [3.05, 3.63) is 0 Å². The predicted molar refractivity (Wildman–Crippen MR) is 56.3 cm³/mol. The summed E-state index contributed by atoms with van der Waals surface area (Å²) in [5, 5.41) is 9.20. The third-order valence-electron chi connectivity index (χ3n) is 3.62. The fourth-order valence-corrected chi connectivity index (χ4v) is 2.19. The zero-order chi connectivity index (χ0) is 10.8. The van der Waals surface area contributed by atoms with E-state index in [0.29, 0.717) is 6.04 Å². The maximum absolute atomic E-state index is 11.2. The molecule has 1 aliphatic heterocycles. The van der Waals surface area contributed by atoms with Crippen LogP contribution in [-0.4, -0.2) is 35.1 Å². The summed E-state index contributed by atoms with van der Waals surface area (Å²) in [4.78, 5) is 13.5. The number of nitrogens with zero attached hydrogens (tertiary/aromatic N) is 1. The molecule has 3 heteroatoms. The first-order chi connectivity index (χ1) is 6.52. The molecule has 0 aromatic carbocycles. The van der Waals surface area contributed by atoms with E-state index in [9.17, 15) is 9.90 Å². The van der Waals surface area contributed by atoms with Crippen molar-refractivity contribution in [2.45, 2.75) is 46.1 Å². The van der Waals surface area contributed by atoms with Gasteiger partial charge in [-0.25, -0.2) is 0 Å². The Kier molecular flexibility index (Phi) is 3.53. The van der Waals surface area contributed by atoms with Gasteiger partial charge in [-0.1, -0.05) is 6.92 Å². The molecule has 0 atom stereocenters. The first-order valence-corrected chi connectivity index (χ1v) is 5.49. The number of likely N-dealkylation sites (tertiary alicyclic amines) is 1. The van der Waals surface area contributed by atoms with E-state index in [2.05, 4.69) is 18.7 Å². The average molecular weight is 199 g/mol. The van der Waals surface area contributed by atoms with Gasteiger partial charge in [0.2, 0.25) is 0 Å². The first kappa shape index (κ1) is 11.5. The third-order valence-corrected chi connectivity index (χ3v) is 3.62. The summed E-state index contributed by atoms with van der Waals surface area (Å²) in [6.45, 7) is 8.17. The van der Waals surface area contributed by atoms with Crippen LogP contribution in [0.15, 0.2) is 0 Å². The highest BCUT2D eigenvalue weighted by atomic mass is 16.4. The van der Waals surface area contributed by atoms with E-state index in [4.69, 9.17) is 0 Å². The molecule has 1 heterocycles. The SMILES string of the molecule is CCC1(C(=O)O)CCN(C(C)C)CC1. The summed E-state index contributed by atoms with van der Waals surface area (Å²) in [6, 6.07) is 0.540. The molecule has 1 rings (SSSR count). The molecule has 3 nitrogen and oxygen atoms in total. The van der Waals surface area contributed by atoms with E-state index >= 15 is 0 Å². The Morgan fingerprint density at radius 2 is 1.93 bits per heavy atom. The van der Waals surface area contributed by atoms with Crippen LogP contribution in [0.25, 0.3) is 0 Å². The van der Waals surface area contributed by atoms with Crippen molar-refractivity contribution in [1.82, 2.24) is 4.90 Å². The molecule has 1 N–H and O–H groups in total. The highest BCUT2D eigenvalue weighted by Crippen LogP contribution is 2.35. The van der Waals surface area contributed by atoms with Gasteiger partial charge in [0, 0.05) is 6.04 Å². The maximum atomic E-state index is 11.2. The van der Waals surface area contributed by atoms with Gasteiger partial charge < -0.3 is 10.0 Å². The molecule has 1 fully saturated rings. The second kappa shape index (κ2) is 4.30. The number of carboxylic acid groups (broad SMARTS) is 1. The lowest BCUT2D eigenvalue weighted by molar-refractivity contribution is -0.152. The van der Waals surface area contributed by atoms with Crippen LogP contribution in [-0.2, 0) is 4.79 Å². The normalized spacial score (nSPS) is 22.6. The van der Waals surface area contributed by atoms with Gasteiger partial charge in [0.25, 0.3) is 0 Å². The lowest BCUT2D eigenvalue weighted by Gasteiger charge is -2.40. The third kappa shape index (κ3) is 2.08. The Bertz CT molecular complexity index is 205. The highest BCUT2D eigenvalue weighted by Gasteiger charge is 2.39. The molecule has 0 spiro atoms. The second-order valence-corrected chi connectivity index (χ2v) is 4.57. The zero-order valence-electron chi connectivity index (χ0n) is 9.42. The molecule has 0 aromatic heterocycles. The summed E-state index contributed by atoms with van der Waals surface area (Å²) < 4.78 is 0. The molecule has 0 unspecified atom stereocenters. The van der Waals surface area contributed by atoms with Gasteiger partial charge >= 0.3 is 5.97 Å². The van der Waals surface area contributed by atoms with Crippen molar-refractivity contribution in [1.29, 1.82) is 0 Å². The topological polar surface area (TPSA) is 40.5 Å². The molecule has 1 saturated heterocycles. The van der Waals surface area contributed by atoms with Crippen molar-refractivity contribution in [3.8, 4) is 0 Å². The Morgan fingerprint density at radius 3 is 2.21 bits per heavy atom. The molecule has 0 saturated carbocycles. The molecular weight excluding hydrogens is 178 g/mol. The standard InChI is InChI=1S/C11H21NO2/c1-4-11(10(13)14)5-7-12(8-6-11)9(2)3/h9H,4-8H2,1-3H3,(H,13,14). The average Bonchev–Trinajstić information content (AvgIpc) is 2.17. The lowest BCUT2D eigenvalue weighted by Crippen LogP contribution is -2.46. The minimum atomic E-state index is -0.608. The summed E-state index contributed by atoms with van der Waals surface area (Å²) in [6.07, 6.45) is 2.36. The maximum Gasteiger partial charge on any atom is 0.309 e. The van der Waals surface area contributed by atoms with Gasteiger partial charge in [0.15, 0.2) is 0 Å². The van der Waals surface area contributed by atoms with Crippen LogP contribution in [0.2, 0.25) is 0 Å². The number of carbonyl (C=O) groups is 1. The van der Waals surface area contributed by atoms with Gasteiger partial charge in [-0.15, -0.1) is 0 Å². The van der Waals surface area contributed by atoms with E-state index in [1.807, 2.05) is 6.92 Å². The van der Waals surface area contributed by atoms with Crippen LogP contribution >= 0.6 is 0 Å². The molecule has 0 bridgehead atoms. The van der Waals surface area contributed by atoms with Crippen LogP contribution in [0.1, 0.15) is 40.0 Å². The second-order valence-electron chi connectivity index (χ2n) is 4.57. The number of rotatable bonds is 3. The Labute approximate surface area is 86.1 Å². The van der Waals surface area contributed by atoms with Crippen LogP contribution in [0, 0.1) is 5.41 Å². The van der Waals surface area contributed by atoms with E-state index in [0.717, 1.165) is 32.4 Å². The van der Waals surface area contributed by atoms with Crippen molar-refractivity contribution in [2.75, 3.05) is 13.1 Å². The van der Waals surface area contributed by atoms with Gasteiger partial charge in [-0.05, 0) is 46.2 Å². The minimum absolute atomic E-state index is 0.439. The summed E-state index contributed by atoms with van der Waals surface area (Å²) in [5.74, 6) is -0.608. The quantitative estimate of drug-likeness (QED) is 0.755. The van der Waals surface area contributed by atoms with Crippen molar-refractivity contribution in [3.63, 3.8) is 0 Å². The number of piperidine rings is 1. The Morgan fingerprint density at radius 1 is 1.43 bits per heavy atom. The van der Waals surface area contributed by atoms with Gasteiger partial charge in [0.05, 0.1) is 5.41 Å². The predicted octanol–water partition coefficient (Wildman–Crippen LogP) is 1.97. The van der Waals surface area contributed by atoms with Crippen molar-refractivity contribution >= 4 is 5.97 Å². The van der Waals surface area contributed by atoms with E-state index in [1.165, 1.54) is 0 Å². The minimum Gasteiger partial charge on any atom is -0.481 e. The van der Waals surface area contributed by atoms with E-state index in [1.54, 1.807) is 0 Å². The van der Waals surface area contributed by atoms with Crippen molar-refractivity contribution in [2.24, 2.45) is 5.41 Å². The number of aliphatic carboxylic acids is 1. The monoisotopic (exact) mass is 199 g/mol. The number of hydrogen-bond donors (Lipinski definition) is 1. The zero-order valence-corrected chi connectivity index (χ0v) is 9.42. The van der Waals surface area contributed by atoms with E-state index < -0.39 is 11.4 Å². The molecule has 0 aliphatic carbocycles. The molecule has 0 radical (unpaired) electrons. The van der Waals surface area contributed by atoms with E-state index in [-0.39, 0.29) is 0 Å². The van der Waals surface area contributed by atoms with Gasteiger partial charge in [-0.3, -0.25) is 4.79 Å². The molecule has 0 amide bonds. The highest BCUT2D eigenvalue weighted by molar-refractivity contribution is 5.74. The smallest absolute Gasteiger partial charge is 0.309 e. The summed E-state index contributed by atoms with van der Waals surface area (Å²) in [5.41, 5.74) is -0.439. The largest absolute Gasteiger partial charge is 0.481 e. The van der Waals surface area contributed by atoms with Crippen LogP contribution < -0.4 is 0 Å². The molecule has 14 heavy (non-hydrogen) atoms. The Hall–Kier alpha value is -0.570. The molecule has 82 valence electrons. The van der Waals surface area contributed by atoms with Crippen LogP contribution in [0.5, 0.6) is 0 Å². The fourth-order valence-electron chi connectivity index (χ4n) is 2.19. The lowest BCUT2D eigenvalue weighted by atomic mass is 9.76. The number of carboxylic acids is 1. The Balaban J connectivity index is 2.59. The van der Waals surface area contributed by atoms with Gasteiger partial charge in [0.1, 0.15) is 0 Å². The number of hydrogen-bond acceptors (Lipinski definition) is 2. The fraction of sp³-hybridized carbons (Fsp3) is 0.909. The summed E-state index contributed by atoms with van der Waals surface area (Å²) >= 11 is 0. The van der Waals surface area contributed by atoms with Crippen LogP contribution in [0.3, 0.4) is 0 Å².